The Morgan fingerprint density at radius 1 is 0.353 bits per heavy atom. The number of hydrogen-bond acceptors (Lipinski definition) is 2. The van der Waals surface area contributed by atoms with Crippen molar-refractivity contribution in [1.29, 1.82) is 0 Å². The summed E-state index contributed by atoms with van der Waals surface area (Å²) in [4.78, 5) is 10.9. The fraction of sp³-hybridized carbons (Fsp3) is 0.250. The van der Waals surface area contributed by atoms with Crippen LogP contribution in [0.25, 0.3) is 89.1 Å². The van der Waals surface area contributed by atoms with Crippen molar-refractivity contribution >= 4 is 32.8 Å². The fourth-order valence-corrected chi connectivity index (χ4v) is 9.69. The molecule has 340 valence electrons. The number of hydrogen-bond donors (Lipinski definition) is 0. The topological polar surface area (TPSA) is 35.6 Å². The first-order valence-electron chi connectivity index (χ1n) is 24.2. The quantitative estimate of drug-likeness (QED) is 0.167. The molecule has 0 N–H and O–H groups in total. The third kappa shape index (κ3) is 8.14. The zero-order valence-electron chi connectivity index (χ0n) is 42.0. The Balaban J connectivity index is 1.31. The summed E-state index contributed by atoms with van der Waals surface area (Å²) in [5.74, 6) is 0.851. The van der Waals surface area contributed by atoms with Crippen LogP contribution in [-0.2, 0) is 21.7 Å². The van der Waals surface area contributed by atoms with Crippen molar-refractivity contribution in [3.63, 3.8) is 0 Å². The molecule has 0 aliphatic rings. The van der Waals surface area contributed by atoms with Crippen molar-refractivity contribution in [2.45, 2.75) is 105 Å². The van der Waals surface area contributed by atoms with E-state index in [1.165, 1.54) is 38.6 Å². The van der Waals surface area contributed by atoms with Gasteiger partial charge in [0.05, 0.1) is 33.4 Å². The summed E-state index contributed by atoms with van der Waals surface area (Å²) in [7, 11) is 0. The molecule has 0 fully saturated rings. The Labute approximate surface area is 403 Å². The molecule has 0 spiro atoms. The zero-order valence-corrected chi connectivity index (χ0v) is 42.0. The summed E-state index contributed by atoms with van der Waals surface area (Å²) in [6.45, 7) is 27.6. The molecule has 0 saturated carbocycles. The first-order valence-corrected chi connectivity index (χ1v) is 24.2. The minimum Gasteiger partial charge on any atom is -0.279 e. The van der Waals surface area contributed by atoms with Gasteiger partial charge in [-0.3, -0.25) is 14.1 Å². The second kappa shape index (κ2) is 16.3. The third-order valence-electron chi connectivity index (χ3n) is 13.8. The van der Waals surface area contributed by atoms with Gasteiger partial charge in [-0.15, -0.1) is 0 Å². The minimum atomic E-state index is -0.125. The molecule has 68 heavy (non-hydrogen) atoms. The lowest BCUT2D eigenvalue weighted by molar-refractivity contribution is 0.590. The molecule has 0 atom stereocenters. The predicted molar refractivity (Wildman–Crippen MR) is 290 cm³/mol. The lowest BCUT2D eigenvalue weighted by Gasteiger charge is -2.23. The largest absolute Gasteiger partial charge is 0.279 e. The zero-order chi connectivity index (χ0) is 47.9. The van der Waals surface area contributed by atoms with Crippen molar-refractivity contribution in [1.82, 2.24) is 19.1 Å². The number of para-hydroxylation sites is 1. The maximum Gasteiger partial charge on any atom is 0.220 e. The van der Waals surface area contributed by atoms with Gasteiger partial charge in [0.1, 0.15) is 0 Å². The summed E-state index contributed by atoms with van der Waals surface area (Å²) in [5.41, 5.74) is 19.1. The van der Waals surface area contributed by atoms with Gasteiger partial charge in [-0.2, -0.15) is 0 Å². The number of aromatic nitrogens is 4. The minimum absolute atomic E-state index is 0.0233. The molecule has 10 aromatic rings. The molecule has 3 aromatic heterocycles. The Morgan fingerprint density at radius 2 is 0.897 bits per heavy atom. The van der Waals surface area contributed by atoms with Crippen LogP contribution in [0.3, 0.4) is 0 Å². The Morgan fingerprint density at radius 3 is 1.49 bits per heavy atom. The summed E-state index contributed by atoms with van der Waals surface area (Å²) < 4.78 is 4.86. The normalized spacial score (nSPS) is 12.7. The van der Waals surface area contributed by atoms with Gasteiger partial charge in [-0.05, 0) is 133 Å². The Kier molecular flexibility index (Phi) is 10.8. The van der Waals surface area contributed by atoms with E-state index in [9.17, 15) is 0 Å². The van der Waals surface area contributed by atoms with Crippen LogP contribution in [0.5, 0.6) is 0 Å². The van der Waals surface area contributed by atoms with E-state index in [0.717, 1.165) is 72.8 Å². The lowest BCUT2D eigenvalue weighted by Crippen LogP contribution is -2.13. The molecule has 3 heterocycles. The van der Waals surface area contributed by atoms with Gasteiger partial charge in [-0.25, -0.2) is 4.98 Å². The molecular formula is C64H64N4. The van der Waals surface area contributed by atoms with Crippen LogP contribution in [0.2, 0.25) is 0 Å². The second-order valence-corrected chi connectivity index (χ2v) is 22.9. The monoisotopic (exact) mass is 889 g/mol. The first kappa shape index (κ1) is 44.8. The highest BCUT2D eigenvalue weighted by molar-refractivity contribution is 6.10. The van der Waals surface area contributed by atoms with Crippen LogP contribution in [0.4, 0.5) is 0 Å². The average molecular weight is 889 g/mol. The highest BCUT2D eigenvalue weighted by atomic mass is 15.2. The smallest absolute Gasteiger partial charge is 0.220 e. The van der Waals surface area contributed by atoms with E-state index in [4.69, 9.17) is 9.97 Å². The molecule has 10 rings (SSSR count). The Hall–Kier alpha value is -7.04. The predicted octanol–water partition coefficient (Wildman–Crippen LogP) is 17.4. The van der Waals surface area contributed by atoms with E-state index < -0.39 is 0 Å². The number of fused-ring (bicyclic) bond motifs is 4. The van der Waals surface area contributed by atoms with Gasteiger partial charge in [0.25, 0.3) is 0 Å². The number of nitrogens with zero attached hydrogens (tertiary/aromatic N) is 4. The maximum absolute atomic E-state index is 5.91. The highest BCUT2D eigenvalue weighted by Gasteiger charge is 2.28. The lowest BCUT2D eigenvalue weighted by atomic mass is 9.83. The van der Waals surface area contributed by atoms with Gasteiger partial charge in [0.15, 0.2) is 0 Å². The standard InChI is InChI=1S/C64H64N4/c1-61(2,3)46-26-29-55(51(38-46)42-22-17-14-18-23-42)68-58-25-19-24-50(44-34-45(36-49(35-44)64(10,11)12)54-37-43(32-33-65-54)41-20-15-13-16-21-41)59(58)66-60(68)67-56-30-27-47(62(4,5)6)39-52(56)53-40-48(63(7,8)9)28-31-57(53)67/h13-40H,1-12H3. The fourth-order valence-electron chi connectivity index (χ4n) is 9.69. The van der Waals surface area contributed by atoms with E-state index in [1.54, 1.807) is 0 Å². The summed E-state index contributed by atoms with van der Waals surface area (Å²) >= 11 is 0. The van der Waals surface area contributed by atoms with Crippen LogP contribution in [0, 0.1) is 0 Å². The number of rotatable bonds is 6. The molecule has 4 heteroatoms. The molecule has 0 radical (unpaired) electrons. The van der Waals surface area contributed by atoms with Crippen LogP contribution >= 0.6 is 0 Å². The molecule has 0 saturated heterocycles. The third-order valence-corrected chi connectivity index (χ3v) is 13.8. The number of imidazole rings is 1. The van der Waals surface area contributed by atoms with Crippen molar-refractivity contribution in [2.24, 2.45) is 0 Å². The first-order chi connectivity index (χ1) is 32.2. The Bertz CT molecular complexity index is 3450. The van der Waals surface area contributed by atoms with Gasteiger partial charge < -0.3 is 0 Å². The molecule has 7 aromatic carbocycles. The molecule has 0 amide bonds. The van der Waals surface area contributed by atoms with Gasteiger partial charge >= 0.3 is 0 Å². The summed E-state index contributed by atoms with van der Waals surface area (Å²) in [6.07, 6.45) is 1.94. The van der Waals surface area contributed by atoms with E-state index in [2.05, 4.69) is 256 Å². The summed E-state index contributed by atoms with van der Waals surface area (Å²) in [6, 6.07) is 60.6. The highest BCUT2D eigenvalue weighted by Crippen LogP contribution is 2.43. The van der Waals surface area contributed by atoms with Crippen molar-refractivity contribution < 1.29 is 0 Å². The van der Waals surface area contributed by atoms with Crippen molar-refractivity contribution in [3.8, 4) is 56.3 Å². The number of benzene rings is 7. The molecule has 0 aliphatic carbocycles. The van der Waals surface area contributed by atoms with Gasteiger partial charge in [0, 0.05) is 33.7 Å². The molecule has 0 unspecified atom stereocenters. The average Bonchev–Trinajstić information content (AvgIpc) is 3.85. The second-order valence-electron chi connectivity index (χ2n) is 22.9. The van der Waals surface area contributed by atoms with E-state index in [-0.39, 0.29) is 21.7 Å². The van der Waals surface area contributed by atoms with Crippen LogP contribution in [0.15, 0.2) is 170 Å². The van der Waals surface area contributed by atoms with Crippen molar-refractivity contribution in [3.05, 3.63) is 192 Å². The van der Waals surface area contributed by atoms with E-state index in [0.29, 0.717) is 0 Å². The van der Waals surface area contributed by atoms with Gasteiger partial charge in [0.2, 0.25) is 5.95 Å². The molecule has 0 aliphatic heterocycles. The molecular weight excluding hydrogens is 825 g/mol. The SMILES string of the molecule is CC(C)(C)c1cc(-c2cc(-c3ccccc3)ccn2)cc(-c2cccc3c2nc(-n2c4ccc(C(C)(C)C)cc4c4cc(C(C)(C)C)ccc42)n3-c2ccc(C(C)(C)C)cc2-c2ccccc2)c1. The van der Waals surface area contributed by atoms with Crippen molar-refractivity contribution in [2.75, 3.05) is 0 Å². The number of pyridine rings is 1. The van der Waals surface area contributed by atoms with Crippen LogP contribution in [-0.4, -0.2) is 19.1 Å². The molecule has 0 bridgehead atoms. The van der Waals surface area contributed by atoms with Crippen LogP contribution < -0.4 is 0 Å². The van der Waals surface area contributed by atoms with E-state index in [1.807, 2.05) is 6.20 Å². The van der Waals surface area contributed by atoms with E-state index >= 15 is 0 Å². The summed E-state index contributed by atoms with van der Waals surface area (Å²) in [5, 5.41) is 2.47. The van der Waals surface area contributed by atoms with Crippen LogP contribution in [0.1, 0.15) is 105 Å². The molecule has 4 nitrogen and oxygen atoms in total. The van der Waals surface area contributed by atoms with Gasteiger partial charge in [-0.1, -0.05) is 180 Å². The maximum atomic E-state index is 5.91.